The van der Waals surface area contributed by atoms with Crippen LogP contribution in [-0.2, 0) is 28.6 Å². The molecule has 0 rings (SSSR count). The van der Waals surface area contributed by atoms with E-state index in [9.17, 15) is 14.4 Å². The van der Waals surface area contributed by atoms with Gasteiger partial charge in [-0.3, -0.25) is 14.4 Å². The highest BCUT2D eigenvalue weighted by molar-refractivity contribution is 5.71. The van der Waals surface area contributed by atoms with Crippen molar-refractivity contribution in [2.45, 2.75) is 239 Å². The summed E-state index contributed by atoms with van der Waals surface area (Å²) in [6.45, 7) is 8.87. The van der Waals surface area contributed by atoms with Crippen molar-refractivity contribution in [3.8, 4) is 0 Å². The average Bonchev–Trinajstić information content (AvgIpc) is 3.08. The maximum absolute atomic E-state index is 12.6. The fourth-order valence-electron chi connectivity index (χ4n) is 6.27. The zero-order valence-electron chi connectivity index (χ0n) is 33.1. The lowest BCUT2D eigenvalue weighted by Crippen LogP contribution is -2.30. The van der Waals surface area contributed by atoms with Gasteiger partial charge in [0.15, 0.2) is 6.10 Å². The molecule has 6 nitrogen and oxygen atoms in total. The highest BCUT2D eigenvalue weighted by Gasteiger charge is 2.19. The Balaban J connectivity index is 4.22. The van der Waals surface area contributed by atoms with Crippen molar-refractivity contribution in [2.75, 3.05) is 13.2 Å². The van der Waals surface area contributed by atoms with Gasteiger partial charge >= 0.3 is 17.9 Å². The molecule has 290 valence electrons. The van der Waals surface area contributed by atoms with Crippen LogP contribution in [0.5, 0.6) is 0 Å². The second-order valence-electron chi connectivity index (χ2n) is 15.1. The Kier molecular flexibility index (Phi) is 36.4. The SMILES string of the molecule is CCCCCCCCCCCCCCCCCC(=O)OC[C@@H](COC(=O)CCCCCCCCC(C)C)OC(=O)CCCCCCCCC. The molecule has 1 atom stereocenters. The zero-order valence-corrected chi connectivity index (χ0v) is 33.1. The Bertz CT molecular complexity index is 736. The van der Waals surface area contributed by atoms with E-state index in [0.29, 0.717) is 19.3 Å². The molecule has 0 aliphatic heterocycles. The normalized spacial score (nSPS) is 11.9. The van der Waals surface area contributed by atoms with Crippen LogP contribution >= 0.6 is 0 Å². The van der Waals surface area contributed by atoms with Gasteiger partial charge in [0.25, 0.3) is 0 Å². The molecule has 0 unspecified atom stereocenters. The molecule has 0 saturated heterocycles. The molecule has 49 heavy (non-hydrogen) atoms. The van der Waals surface area contributed by atoms with E-state index in [1.807, 2.05) is 0 Å². The summed E-state index contributed by atoms with van der Waals surface area (Å²) >= 11 is 0. The number of carbonyl (C=O) groups is 3. The van der Waals surface area contributed by atoms with Crippen molar-refractivity contribution in [1.29, 1.82) is 0 Å². The van der Waals surface area contributed by atoms with Gasteiger partial charge in [0.05, 0.1) is 0 Å². The van der Waals surface area contributed by atoms with Crippen LogP contribution in [0.15, 0.2) is 0 Å². The third-order valence-corrected chi connectivity index (χ3v) is 9.54. The molecule has 6 heteroatoms. The molecule has 0 aliphatic carbocycles. The van der Waals surface area contributed by atoms with Crippen molar-refractivity contribution in [3.05, 3.63) is 0 Å². The molecule has 0 aliphatic rings. The molecule has 0 N–H and O–H groups in total. The molecule has 0 bridgehead atoms. The van der Waals surface area contributed by atoms with Gasteiger partial charge in [-0.15, -0.1) is 0 Å². The largest absolute Gasteiger partial charge is 0.462 e. The summed E-state index contributed by atoms with van der Waals surface area (Å²) in [5.74, 6) is -0.106. The highest BCUT2D eigenvalue weighted by Crippen LogP contribution is 2.15. The van der Waals surface area contributed by atoms with Crippen molar-refractivity contribution in [2.24, 2.45) is 5.92 Å². The van der Waals surface area contributed by atoms with E-state index in [1.54, 1.807) is 0 Å². The first-order chi connectivity index (χ1) is 23.9. The summed E-state index contributed by atoms with van der Waals surface area (Å²) in [6.07, 6.45) is 35.4. The Morgan fingerprint density at radius 2 is 0.673 bits per heavy atom. The molecule has 0 saturated carbocycles. The van der Waals surface area contributed by atoms with E-state index in [1.165, 1.54) is 128 Å². The molecule has 0 amide bonds. The summed E-state index contributed by atoms with van der Waals surface area (Å²) in [6, 6.07) is 0. The molecular weight excluding hydrogens is 612 g/mol. The number of rotatable bonds is 38. The van der Waals surface area contributed by atoms with Gasteiger partial charge in [0.2, 0.25) is 0 Å². The van der Waals surface area contributed by atoms with Gasteiger partial charge in [-0.25, -0.2) is 0 Å². The number of ether oxygens (including phenoxy) is 3. The van der Waals surface area contributed by atoms with Crippen LogP contribution in [0, 0.1) is 5.92 Å². The Morgan fingerprint density at radius 1 is 0.388 bits per heavy atom. The lowest BCUT2D eigenvalue weighted by molar-refractivity contribution is -0.167. The van der Waals surface area contributed by atoms with Crippen LogP contribution < -0.4 is 0 Å². The number of unbranched alkanes of at least 4 members (excludes halogenated alkanes) is 25. The van der Waals surface area contributed by atoms with Gasteiger partial charge < -0.3 is 14.2 Å². The first kappa shape index (κ1) is 47.4. The fourth-order valence-corrected chi connectivity index (χ4v) is 6.27. The van der Waals surface area contributed by atoms with E-state index in [-0.39, 0.29) is 31.1 Å². The van der Waals surface area contributed by atoms with Crippen LogP contribution in [0.25, 0.3) is 0 Å². The molecule has 0 heterocycles. The van der Waals surface area contributed by atoms with Crippen molar-refractivity contribution in [3.63, 3.8) is 0 Å². The summed E-state index contributed by atoms with van der Waals surface area (Å²) in [5.41, 5.74) is 0. The van der Waals surface area contributed by atoms with E-state index >= 15 is 0 Å². The van der Waals surface area contributed by atoms with Crippen LogP contribution in [0.3, 0.4) is 0 Å². The van der Waals surface area contributed by atoms with E-state index in [4.69, 9.17) is 14.2 Å². The van der Waals surface area contributed by atoms with Gasteiger partial charge in [-0.1, -0.05) is 195 Å². The van der Waals surface area contributed by atoms with E-state index in [0.717, 1.165) is 63.7 Å². The first-order valence-corrected chi connectivity index (χ1v) is 21.4. The monoisotopic (exact) mass is 695 g/mol. The third-order valence-electron chi connectivity index (χ3n) is 9.54. The standard InChI is InChI=1S/C43H82O6/c1-5-7-9-11-13-14-15-16-17-18-19-20-22-26-30-34-41(44)47-37-40(49-43(46)36-32-28-21-12-10-8-6-2)38-48-42(45)35-31-27-24-23-25-29-33-39(3)4/h39-40H,5-38H2,1-4H3/t40-/m0/s1. The maximum atomic E-state index is 12.6. The number of hydrogen-bond donors (Lipinski definition) is 0. The lowest BCUT2D eigenvalue weighted by atomic mass is 10.0. The molecule has 0 aromatic carbocycles. The van der Waals surface area contributed by atoms with Crippen LogP contribution in [0.4, 0.5) is 0 Å². The van der Waals surface area contributed by atoms with Crippen LogP contribution in [-0.4, -0.2) is 37.2 Å². The quantitative estimate of drug-likeness (QED) is 0.0364. The van der Waals surface area contributed by atoms with E-state index in [2.05, 4.69) is 27.7 Å². The number of carbonyl (C=O) groups excluding carboxylic acids is 3. The van der Waals surface area contributed by atoms with Crippen molar-refractivity contribution in [1.82, 2.24) is 0 Å². The van der Waals surface area contributed by atoms with Crippen LogP contribution in [0.1, 0.15) is 233 Å². The Hall–Kier alpha value is -1.59. The highest BCUT2D eigenvalue weighted by atomic mass is 16.6. The summed E-state index contributed by atoms with van der Waals surface area (Å²) in [7, 11) is 0. The minimum Gasteiger partial charge on any atom is -0.462 e. The third kappa shape index (κ3) is 37.5. The molecule has 0 aromatic rings. The predicted octanol–water partition coefficient (Wildman–Crippen LogP) is 13.2. The Morgan fingerprint density at radius 3 is 1.00 bits per heavy atom. The van der Waals surface area contributed by atoms with Crippen LogP contribution in [0.2, 0.25) is 0 Å². The zero-order chi connectivity index (χ0) is 36.0. The predicted molar refractivity (Wildman–Crippen MR) is 206 cm³/mol. The number of esters is 3. The fraction of sp³-hybridized carbons (Fsp3) is 0.930. The van der Waals surface area contributed by atoms with Crippen molar-refractivity contribution >= 4 is 17.9 Å². The molecule has 0 aromatic heterocycles. The van der Waals surface area contributed by atoms with Gasteiger partial charge in [0, 0.05) is 19.3 Å². The maximum Gasteiger partial charge on any atom is 0.306 e. The van der Waals surface area contributed by atoms with Gasteiger partial charge in [0.1, 0.15) is 13.2 Å². The van der Waals surface area contributed by atoms with Crippen molar-refractivity contribution < 1.29 is 28.6 Å². The minimum absolute atomic E-state index is 0.0655. The smallest absolute Gasteiger partial charge is 0.306 e. The summed E-state index contributed by atoms with van der Waals surface area (Å²) in [5, 5.41) is 0. The second-order valence-corrected chi connectivity index (χ2v) is 15.1. The first-order valence-electron chi connectivity index (χ1n) is 21.4. The lowest BCUT2D eigenvalue weighted by Gasteiger charge is -2.18. The van der Waals surface area contributed by atoms with E-state index < -0.39 is 6.10 Å². The van der Waals surface area contributed by atoms with Gasteiger partial charge in [-0.05, 0) is 25.2 Å². The second kappa shape index (κ2) is 37.7. The topological polar surface area (TPSA) is 78.9 Å². The molecule has 0 spiro atoms. The summed E-state index contributed by atoms with van der Waals surface area (Å²) < 4.78 is 16.6. The molecule has 0 fully saturated rings. The van der Waals surface area contributed by atoms with Gasteiger partial charge in [-0.2, -0.15) is 0 Å². The molecule has 0 radical (unpaired) electrons. The number of hydrogen-bond acceptors (Lipinski definition) is 6. The average molecular weight is 695 g/mol. The molecular formula is C43H82O6. The minimum atomic E-state index is -0.757. The summed E-state index contributed by atoms with van der Waals surface area (Å²) in [4.78, 5) is 37.4. The Labute approximate surface area is 304 Å².